The minimum atomic E-state index is -4.54. The van der Waals surface area contributed by atoms with E-state index in [0.717, 1.165) is 41.4 Å². The van der Waals surface area contributed by atoms with Crippen LogP contribution in [-0.2, 0) is 13.2 Å². The first kappa shape index (κ1) is 18.5. The number of hydrogen-bond acceptors (Lipinski definition) is 3. The zero-order valence-corrected chi connectivity index (χ0v) is 15.6. The van der Waals surface area contributed by atoms with Gasteiger partial charge in [0, 0.05) is 18.6 Å². The number of benzene rings is 1. The van der Waals surface area contributed by atoms with Crippen molar-refractivity contribution in [3.05, 3.63) is 53.0 Å². The zero-order chi connectivity index (χ0) is 19.9. The molecular weight excluding hydrogens is 367 g/mol. The summed E-state index contributed by atoms with van der Waals surface area (Å²) < 4.78 is 41.9. The van der Waals surface area contributed by atoms with E-state index in [-0.39, 0.29) is 5.56 Å². The maximum absolute atomic E-state index is 13.6. The Bertz CT molecular complexity index is 1090. The lowest BCUT2D eigenvalue weighted by atomic mass is 9.92. The first-order chi connectivity index (χ1) is 13.3. The molecule has 5 nitrogen and oxygen atoms in total. The van der Waals surface area contributed by atoms with Gasteiger partial charge in [-0.05, 0) is 56.4 Å². The summed E-state index contributed by atoms with van der Waals surface area (Å²) in [7, 11) is 1.49. The van der Waals surface area contributed by atoms with Crippen LogP contribution in [0.15, 0.2) is 41.0 Å². The number of nitrogens with one attached hydrogen (secondary N) is 1. The number of aliphatic imine (C=N–C) groups is 1. The fourth-order valence-corrected chi connectivity index (χ4v) is 3.56. The van der Waals surface area contributed by atoms with Gasteiger partial charge in [-0.3, -0.25) is 9.78 Å². The smallest absolute Gasteiger partial charge is 0.278 e. The van der Waals surface area contributed by atoms with Crippen LogP contribution in [0.4, 0.5) is 18.9 Å². The van der Waals surface area contributed by atoms with E-state index in [0.29, 0.717) is 17.8 Å². The van der Waals surface area contributed by atoms with Crippen molar-refractivity contribution in [2.45, 2.75) is 38.8 Å². The summed E-state index contributed by atoms with van der Waals surface area (Å²) in [6.07, 6.45) is 2.38. The molecule has 0 spiro atoms. The van der Waals surface area contributed by atoms with Crippen molar-refractivity contribution in [2.24, 2.45) is 12.0 Å². The summed E-state index contributed by atoms with van der Waals surface area (Å²) >= 11 is 0. The third-order valence-corrected chi connectivity index (χ3v) is 4.93. The average molecular weight is 387 g/mol. The van der Waals surface area contributed by atoms with Crippen molar-refractivity contribution < 1.29 is 13.2 Å². The summed E-state index contributed by atoms with van der Waals surface area (Å²) in [5.74, 6) is 0. The highest BCUT2D eigenvalue weighted by Gasteiger charge is 2.38. The van der Waals surface area contributed by atoms with Gasteiger partial charge in [0.1, 0.15) is 0 Å². The molecule has 8 heteroatoms. The zero-order valence-electron chi connectivity index (χ0n) is 15.6. The van der Waals surface area contributed by atoms with Crippen LogP contribution in [0, 0.1) is 6.92 Å². The molecule has 1 aliphatic carbocycles. The minimum absolute atomic E-state index is 0.0205. The Kier molecular flexibility index (Phi) is 4.56. The van der Waals surface area contributed by atoms with Gasteiger partial charge in [-0.2, -0.15) is 23.4 Å². The second-order valence-corrected chi connectivity index (χ2v) is 7.04. The molecule has 1 aliphatic rings. The average Bonchev–Trinajstić information content (AvgIpc) is 3.23. The Morgan fingerprint density at radius 3 is 2.79 bits per heavy atom. The summed E-state index contributed by atoms with van der Waals surface area (Å²) in [6, 6.07) is 5.48. The standard InChI is InChI=1S/C20H20F3N5/c1-12-15-10-14(8-9-17(15)26-25-12)24-18(13-6-4-3-5-7-13)16-11-28(2)27-19(16)20(21,22)23/h6,8-11H,3-5,7H2,1-2H3,(H,25,26)/b24-18+. The van der Waals surface area contributed by atoms with Gasteiger partial charge in [-0.1, -0.05) is 6.08 Å². The van der Waals surface area contributed by atoms with Gasteiger partial charge in [0.2, 0.25) is 0 Å². The summed E-state index contributed by atoms with van der Waals surface area (Å²) in [4.78, 5) is 4.66. The van der Waals surface area contributed by atoms with E-state index in [4.69, 9.17) is 0 Å². The van der Waals surface area contributed by atoms with Crippen molar-refractivity contribution in [1.29, 1.82) is 0 Å². The highest BCUT2D eigenvalue weighted by atomic mass is 19.4. The molecule has 28 heavy (non-hydrogen) atoms. The SMILES string of the molecule is Cc1n[nH]c2ccc(/N=C(\C3=CCCCC3)c3cn(C)nc3C(F)(F)F)cc12. The van der Waals surface area contributed by atoms with Gasteiger partial charge in [0.05, 0.1) is 28.2 Å². The van der Waals surface area contributed by atoms with Crippen LogP contribution >= 0.6 is 0 Å². The van der Waals surface area contributed by atoms with Crippen molar-refractivity contribution >= 4 is 22.3 Å². The van der Waals surface area contributed by atoms with Crippen molar-refractivity contribution in [3.8, 4) is 0 Å². The molecule has 146 valence electrons. The van der Waals surface area contributed by atoms with Crippen LogP contribution in [0.5, 0.6) is 0 Å². The lowest BCUT2D eigenvalue weighted by molar-refractivity contribution is -0.141. The van der Waals surface area contributed by atoms with Crippen molar-refractivity contribution in [3.63, 3.8) is 0 Å². The van der Waals surface area contributed by atoms with Crippen LogP contribution in [-0.4, -0.2) is 25.7 Å². The molecule has 0 fully saturated rings. The normalized spacial score (nSPS) is 15.9. The summed E-state index contributed by atoms with van der Waals surface area (Å²) in [6.45, 7) is 1.87. The number of aromatic nitrogens is 4. The number of fused-ring (bicyclic) bond motifs is 1. The predicted molar refractivity (Wildman–Crippen MR) is 102 cm³/mol. The maximum Gasteiger partial charge on any atom is 0.435 e. The molecule has 0 unspecified atom stereocenters. The quantitative estimate of drug-likeness (QED) is 0.625. The fourth-order valence-electron chi connectivity index (χ4n) is 3.56. The second-order valence-electron chi connectivity index (χ2n) is 7.04. The molecule has 2 heterocycles. The number of aryl methyl sites for hydroxylation is 2. The van der Waals surface area contributed by atoms with Gasteiger partial charge >= 0.3 is 6.18 Å². The molecule has 0 radical (unpaired) electrons. The second kappa shape index (κ2) is 6.92. The van der Waals surface area contributed by atoms with Crippen LogP contribution in [0.25, 0.3) is 10.9 Å². The number of aromatic amines is 1. The van der Waals surface area contributed by atoms with E-state index in [1.54, 1.807) is 6.07 Å². The molecule has 0 aliphatic heterocycles. The van der Waals surface area contributed by atoms with Crippen LogP contribution < -0.4 is 0 Å². The van der Waals surface area contributed by atoms with E-state index in [1.165, 1.54) is 17.9 Å². The molecule has 1 aromatic carbocycles. The van der Waals surface area contributed by atoms with E-state index in [2.05, 4.69) is 20.3 Å². The Hall–Kier alpha value is -2.90. The topological polar surface area (TPSA) is 58.9 Å². The first-order valence-corrected chi connectivity index (χ1v) is 9.17. The molecule has 0 saturated carbocycles. The molecule has 1 N–H and O–H groups in total. The molecule has 0 saturated heterocycles. The number of rotatable bonds is 3. The number of alkyl halides is 3. The lowest BCUT2D eigenvalue weighted by Crippen LogP contribution is -2.15. The lowest BCUT2D eigenvalue weighted by Gasteiger charge is -2.16. The van der Waals surface area contributed by atoms with Crippen LogP contribution in [0.1, 0.15) is 42.6 Å². The van der Waals surface area contributed by atoms with Gasteiger partial charge in [0.25, 0.3) is 0 Å². The fraction of sp³-hybridized carbons (Fsp3) is 0.350. The van der Waals surface area contributed by atoms with Gasteiger partial charge < -0.3 is 0 Å². The van der Waals surface area contributed by atoms with Crippen molar-refractivity contribution in [1.82, 2.24) is 20.0 Å². The third-order valence-electron chi connectivity index (χ3n) is 4.93. The molecule has 2 aromatic heterocycles. The molecule has 0 amide bonds. The monoisotopic (exact) mass is 387 g/mol. The minimum Gasteiger partial charge on any atom is -0.278 e. The highest BCUT2D eigenvalue weighted by Crippen LogP contribution is 2.34. The van der Waals surface area contributed by atoms with E-state index in [1.807, 2.05) is 25.1 Å². The number of allylic oxidation sites excluding steroid dienone is 2. The molecule has 4 rings (SSSR count). The Morgan fingerprint density at radius 2 is 2.07 bits per heavy atom. The number of hydrogen-bond donors (Lipinski definition) is 1. The molecular formula is C20H20F3N5. The summed E-state index contributed by atoms with van der Waals surface area (Å²) in [5, 5.41) is 11.7. The highest BCUT2D eigenvalue weighted by molar-refractivity contribution is 6.14. The van der Waals surface area contributed by atoms with Gasteiger partial charge in [0.15, 0.2) is 5.69 Å². The van der Waals surface area contributed by atoms with Gasteiger partial charge in [-0.25, -0.2) is 4.99 Å². The summed E-state index contributed by atoms with van der Waals surface area (Å²) in [5.41, 5.74) is 2.59. The maximum atomic E-state index is 13.6. The van der Waals surface area contributed by atoms with E-state index < -0.39 is 11.9 Å². The van der Waals surface area contributed by atoms with Crippen molar-refractivity contribution in [2.75, 3.05) is 0 Å². The Balaban J connectivity index is 1.90. The number of H-pyrrole nitrogens is 1. The largest absolute Gasteiger partial charge is 0.435 e. The molecule has 0 bridgehead atoms. The first-order valence-electron chi connectivity index (χ1n) is 9.17. The molecule has 0 atom stereocenters. The molecule has 3 aromatic rings. The van der Waals surface area contributed by atoms with Gasteiger partial charge in [-0.15, -0.1) is 0 Å². The van der Waals surface area contributed by atoms with Crippen LogP contribution in [0.2, 0.25) is 0 Å². The van der Waals surface area contributed by atoms with E-state index >= 15 is 0 Å². The predicted octanol–water partition coefficient (Wildman–Crippen LogP) is 5.24. The number of nitrogens with zero attached hydrogens (tertiary/aromatic N) is 4. The third kappa shape index (κ3) is 3.46. The Labute approximate surface area is 160 Å². The Morgan fingerprint density at radius 1 is 1.25 bits per heavy atom. The van der Waals surface area contributed by atoms with E-state index in [9.17, 15) is 13.2 Å². The van der Waals surface area contributed by atoms with Crippen LogP contribution in [0.3, 0.4) is 0 Å². The number of halogens is 3.